The number of carbonyl (C=O) groups is 1. The summed E-state index contributed by atoms with van der Waals surface area (Å²) in [4.78, 5) is 19.3. The number of aromatic nitrogens is 3. The Morgan fingerprint density at radius 1 is 1.07 bits per heavy atom. The Morgan fingerprint density at radius 2 is 1.85 bits per heavy atom. The summed E-state index contributed by atoms with van der Waals surface area (Å²) in [5.74, 6) is 0.546. The summed E-state index contributed by atoms with van der Waals surface area (Å²) in [5.41, 5.74) is 3.74. The zero-order valence-corrected chi connectivity index (χ0v) is 15.3. The number of hydrogen-bond donors (Lipinski definition) is 0. The molecule has 0 aliphatic heterocycles. The van der Waals surface area contributed by atoms with Crippen LogP contribution in [-0.2, 0) is 6.54 Å². The van der Waals surface area contributed by atoms with Crippen molar-refractivity contribution in [3.8, 4) is 11.3 Å². The Balaban J connectivity index is 1.77. The lowest BCUT2D eigenvalue weighted by Gasteiger charge is -2.16. The highest BCUT2D eigenvalue weighted by molar-refractivity contribution is 6.06. The SMILES string of the molecule is Cc1cc(CN(C)C(=O)c2cc(-c3ccccc3)nc3onc(C)c23)no1. The molecule has 0 aliphatic carbocycles. The van der Waals surface area contributed by atoms with E-state index in [-0.39, 0.29) is 5.91 Å². The molecule has 1 amide bonds. The van der Waals surface area contributed by atoms with Gasteiger partial charge in [0, 0.05) is 18.7 Å². The zero-order chi connectivity index (χ0) is 19.0. The van der Waals surface area contributed by atoms with Crippen LogP contribution in [0.2, 0.25) is 0 Å². The number of aryl methyl sites for hydroxylation is 2. The summed E-state index contributed by atoms with van der Waals surface area (Å²) in [6.07, 6.45) is 0. The fourth-order valence-electron chi connectivity index (χ4n) is 3.03. The fourth-order valence-corrected chi connectivity index (χ4v) is 3.03. The van der Waals surface area contributed by atoms with E-state index in [0.717, 1.165) is 5.56 Å². The number of rotatable bonds is 4. The number of carbonyl (C=O) groups excluding carboxylic acids is 1. The molecule has 0 N–H and O–H groups in total. The quantitative estimate of drug-likeness (QED) is 0.549. The predicted octanol–water partition coefficient (Wildman–Crippen LogP) is 3.77. The maximum Gasteiger partial charge on any atom is 0.259 e. The summed E-state index contributed by atoms with van der Waals surface area (Å²) in [5, 5.41) is 8.57. The predicted molar refractivity (Wildman–Crippen MR) is 99.0 cm³/mol. The highest BCUT2D eigenvalue weighted by Gasteiger charge is 2.22. The van der Waals surface area contributed by atoms with E-state index >= 15 is 0 Å². The molecule has 4 aromatic rings. The van der Waals surface area contributed by atoms with E-state index in [1.165, 1.54) is 0 Å². The first-order valence-electron chi connectivity index (χ1n) is 8.53. The lowest BCUT2D eigenvalue weighted by molar-refractivity contribution is 0.0784. The van der Waals surface area contributed by atoms with Crippen LogP contribution in [0.5, 0.6) is 0 Å². The third-order valence-electron chi connectivity index (χ3n) is 4.34. The van der Waals surface area contributed by atoms with Crippen molar-refractivity contribution in [2.75, 3.05) is 7.05 Å². The second-order valence-corrected chi connectivity index (χ2v) is 6.46. The van der Waals surface area contributed by atoms with Crippen LogP contribution < -0.4 is 0 Å². The number of amides is 1. The molecule has 3 heterocycles. The second kappa shape index (κ2) is 6.68. The van der Waals surface area contributed by atoms with Crippen molar-refractivity contribution >= 4 is 17.0 Å². The maximum absolute atomic E-state index is 13.2. The smallest absolute Gasteiger partial charge is 0.259 e. The molecule has 0 spiro atoms. The average Bonchev–Trinajstić information content (AvgIpc) is 3.26. The van der Waals surface area contributed by atoms with Crippen molar-refractivity contribution in [1.29, 1.82) is 0 Å². The van der Waals surface area contributed by atoms with Crippen molar-refractivity contribution in [2.45, 2.75) is 20.4 Å². The monoisotopic (exact) mass is 362 g/mol. The molecular formula is C20H18N4O3. The zero-order valence-electron chi connectivity index (χ0n) is 15.3. The van der Waals surface area contributed by atoms with Crippen LogP contribution in [0.25, 0.3) is 22.4 Å². The lowest BCUT2D eigenvalue weighted by Crippen LogP contribution is -2.26. The Morgan fingerprint density at radius 3 is 2.56 bits per heavy atom. The van der Waals surface area contributed by atoms with E-state index in [2.05, 4.69) is 15.3 Å². The molecule has 3 aromatic heterocycles. The number of fused-ring (bicyclic) bond motifs is 1. The summed E-state index contributed by atoms with van der Waals surface area (Å²) in [7, 11) is 1.73. The molecule has 0 bridgehead atoms. The number of nitrogens with zero attached hydrogens (tertiary/aromatic N) is 4. The largest absolute Gasteiger partial charge is 0.361 e. The topological polar surface area (TPSA) is 85.3 Å². The van der Waals surface area contributed by atoms with Gasteiger partial charge in [-0.25, -0.2) is 4.98 Å². The van der Waals surface area contributed by atoms with Gasteiger partial charge in [0.2, 0.25) is 0 Å². The highest BCUT2D eigenvalue weighted by Crippen LogP contribution is 2.28. The van der Waals surface area contributed by atoms with E-state index in [0.29, 0.717) is 46.0 Å². The Hall–Kier alpha value is -3.48. The summed E-state index contributed by atoms with van der Waals surface area (Å²) >= 11 is 0. The highest BCUT2D eigenvalue weighted by atomic mass is 16.5. The first-order chi connectivity index (χ1) is 13.0. The number of pyridine rings is 1. The molecule has 0 saturated heterocycles. The van der Waals surface area contributed by atoms with Gasteiger partial charge in [-0.3, -0.25) is 4.79 Å². The van der Waals surface area contributed by atoms with Crippen LogP contribution in [0.15, 0.2) is 51.5 Å². The number of benzene rings is 1. The molecule has 7 heteroatoms. The third kappa shape index (κ3) is 3.19. The van der Waals surface area contributed by atoms with Crippen LogP contribution in [0, 0.1) is 13.8 Å². The van der Waals surface area contributed by atoms with Crippen LogP contribution in [0.3, 0.4) is 0 Å². The van der Waals surface area contributed by atoms with E-state index < -0.39 is 0 Å². The summed E-state index contributed by atoms with van der Waals surface area (Å²) in [6, 6.07) is 13.3. The van der Waals surface area contributed by atoms with E-state index in [1.807, 2.05) is 43.3 Å². The van der Waals surface area contributed by atoms with Crippen molar-refractivity contribution < 1.29 is 13.8 Å². The first-order valence-corrected chi connectivity index (χ1v) is 8.53. The third-order valence-corrected chi connectivity index (χ3v) is 4.34. The Bertz CT molecular complexity index is 1110. The van der Waals surface area contributed by atoms with Crippen molar-refractivity contribution in [2.24, 2.45) is 0 Å². The lowest BCUT2D eigenvalue weighted by atomic mass is 10.0. The molecule has 1 aromatic carbocycles. The van der Waals surface area contributed by atoms with Gasteiger partial charge >= 0.3 is 0 Å². The standard InChI is InChI=1S/C20H18N4O3/c1-12-9-15(23-26-12)11-24(3)20(25)16-10-17(14-7-5-4-6-8-14)21-19-18(16)13(2)22-27-19/h4-10H,11H2,1-3H3. The molecule has 0 unspecified atom stereocenters. The number of hydrogen-bond acceptors (Lipinski definition) is 6. The normalized spacial score (nSPS) is 11.1. The molecular weight excluding hydrogens is 344 g/mol. The van der Waals surface area contributed by atoms with Crippen molar-refractivity contribution in [1.82, 2.24) is 20.2 Å². The van der Waals surface area contributed by atoms with Gasteiger partial charge in [-0.1, -0.05) is 40.6 Å². The molecule has 136 valence electrons. The molecule has 0 saturated carbocycles. The molecule has 4 rings (SSSR count). The van der Waals surface area contributed by atoms with Crippen molar-refractivity contribution in [3.63, 3.8) is 0 Å². The Kier molecular flexibility index (Phi) is 4.19. The van der Waals surface area contributed by atoms with Crippen LogP contribution in [0.4, 0.5) is 0 Å². The van der Waals surface area contributed by atoms with E-state index in [9.17, 15) is 4.79 Å². The maximum atomic E-state index is 13.2. The minimum Gasteiger partial charge on any atom is -0.361 e. The van der Waals surface area contributed by atoms with E-state index in [4.69, 9.17) is 9.05 Å². The minimum absolute atomic E-state index is 0.161. The second-order valence-electron chi connectivity index (χ2n) is 6.46. The van der Waals surface area contributed by atoms with Gasteiger partial charge in [0.1, 0.15) is 11.5 Å². The van der Waals surface area contributed by atoms with Gasteiger partial charge < -0.3 is 13.9 Å². The Labute approximate surface area is 155 Å². The van der Waals surface area contributed by atoms with Gasteiger partial charge in [0.25, 0.3) is 11.6 Å². The minimum atomic E-state index is -0.161. The molecule has 0 radical (unpaired) electrons. The molecule has 27 heavy (non-hydrogen) atoms. The summed E-state index contributed by atoms with van der Waals surface area (Å²) in [6.45, 7) is 3.95. The molecule has 0 aliphatic rings. The van der Waals surface area contributed by atoms with Gasteiger partial charge in [-0.15, -0.1) is 0 Å². The average molecular weight is 362 g/mol. The van der Waals surface area contributed by atoms with Gasteiger partial charge in [0.05, 0.1) is 28.9 Å². The fraction of sp³-hybridized carbons (Fsp3) is 0.200. The van der Waals surface area contributed by atoms with Gasteiger partial charge in [-0.05, 0) is 19.9 Å². The summed E-state index contributed by atoms with van der Waals surface area (Å²) < 4.78 is 10.4. The van der Waals surface area contributed by atoms with Crippen molar-refractivity contribution in [3.05, 3.63) is 65.2 Å². The van der Waals surface area contributed by atoms with Gasteiger partial charge in [-0.2, -0.15) is 0 Å². The molecule has 0 fully saturated rings. The first kappa shape index (κ1) is 17.0. The molecule has 7 nitrogen and oxygen atoms in total. The van der Waals surface area contributed by atoms with Crippen LogP contribution in [-0.4, -0.2) is 33.2 Å². The molecule has 0 atom stereocenters. The van der Waals surface area contributed by atoms with Crippen LogP contribution in [0.1, 0.15) is 27.5 Å². The van der Waals surface area contributed by atoms with Crippen LogP contribution >= 0.6 is 0 Å². The van der Waals surface area contributed by atoms with E-state index in [1.54, 1.807) is 24.9 Å². The van der Waals surface area contributed by atoms with Gasteiger partial charge in [0.15, 0.2) is 0 Å².